The molecule has 9 heteroatoms. The Hall–Kier alpha value is -3.59. The number of fused-ring (bicyclic) bond motifs is 1. The zero-order valence-corrected chi connectivity index (χ0v) is 18.7. The number of β-lactam (4-membered cyclic amide) rings is 1. The minimum atomic E-state index is -0.760. The monoisotopic (exact) mass is 466 g/mol. The Labute approximate surface area is 194 Å². The third kappa shape index (κ3) is 4.78. The van der Waals surface area contributed by atoms with E-state index in [-0.39, 0.29) is 36.0 Å². The molecule has 170 valence electrons. The highest BCUT2D eigenvalue weighted by Crippen LogP contribution is 2.40. The van der Waals surface area contributed by atoms with Gasteiger partial charge in [-0.3, -0.25) is 19.3 Å². The van der Waals surface area contributed by atoms with Crippen LogP contribution in [0.1, 0.15) is 11.1 Å². The van der Waals surface area contributed by atoms with Crippen molar-refractivity contribution in [2.24, 2.45) is 0 Å². The number of ether oxygens (including phenoxy) is 2. The van der Waals surface area contributed by atoms with E-state index in [4.69, 9.17) is 9.47 Å². The number of benzene rings is 2. The summed E-state index contributed by atoms with van der Waals surface area (Å²) < 4.78 is 10.5. The lowest BCUT2D eigenvalue weighted by Crippen LogP contribution is -2.70. The lowest BCUT2D eigenvalue weighted by Gasteiger charge is -2.49. The maximum Gasteiger partial charge on any atom is 0.355 e. The first-order chi connectivity index (χ1) is 16.0. The summed E-state index contributed by atoms with van der Waals surface area (Å²) in [5.74, 6) is -0.552. The van der Waals surface area contributed by atoms with Gasteiger partial charge >= 0.3 is 5.97 Å². The number of rotatable bonds is 8. The van der Waals surface area contributed by atoms with E-state index in [2.05, 4.69) is 5.32 Å². The first-order valence-corrected chi connectivity index (χ1v) is 11.3. The number of esters is 1. The molecule has 2 aromatic rings. The molecule has 8 nitrogen and oxygen atoms in total. The first kappa shape index (κ1) is 22.6. The van der Waals surface area contributed by atoms with Gasteiger partial charge in [0.2, 0.25) is 5.91 Å². The van der Waals surface area contributed by atoms with E-state index in [0.29, 0.717) is 12.0 Å². The van der Waals surface area contributed by atoms with E-state index in [1.807, 2.05) is 30.3 Å². The largest absolute Gasteiger partial charge is 0.497 e. The number of methoxy groups -OCH3 is 1. The highest BCUT2D eigenvalue weighted by molar-refractivity contribution is 8.00. The van der Waals surface area contributed by atoms with Gasteiger partial charge < -0.3 is 14.8 Å². The Morgan fingerprint density at radius 1 is 1.12 bits per heavy atom. The molecule has 0 bridgehead atoms. The molecule has 2 amide bonds. The number of thioether (sulfide) groups is 1. The molecule has 0 saturated carbocycles. The summed E-state index contributed by atoms with van der Waals surface area (Å²) >= 11 is 1.33. The summed E-state index contributed by atoms with van der Waals surface area (Å²) in [7, 11) is 1.56. The molecule has 1 fully saturated rings. The van der Waals surface area contributed by atoms with Crippen LogP contribution in [0.5, 0.6) is 5.75 Å². The molecule has 33 heavy (non-hydrogen) atoms. The fraction of sp³-hybridized carbons (Fsp3) is 0.250. The van der Waals surface area contributed by atoms with E-state index in [9.17, 15) is 19.2 Å². The van der Waals surface area contributed by atoms with Gasteiger partial charge in [-0.05, 0) is 23.3 Å². The predicted molar refractivity (Wildman–Crippen MR) is 121 cm³/mol. The van der Waals surface area contributed by atoms with Gasteiger partial charge in [-0.25, -0.2) is 4.79 Å². The van der Waals surface area contributed by atoms with Crippen molar-refractivity contribution in [3.63, 3.8) is 0 Å². The Morgan fingerprint density at radius 2 is 1.85 bits per heavy atom. The summed E-state index contributed by atoms with van der Waals surface area (Å²) in [4.78, 5) is 50.9. The molecule has 2 aliphatic heterocycles. The molecule has 2 atom stereocenters. The molecule has 1 N–H and O–H groups in total. The zero-order chi connectivity index (χ0) is 23.4. The van der Waals surface area contributed by atoms with Gasteiger partial charge in [0.1, 0.15) is 35.8 Å². The fourth-order valence-electron chi connectivity index (χ4n) is 3.67. The van der Waals surface area contributed by atoms with Crippen LogP contribution in [0.25, 0.3) is 0 Å². The summed E-state index contributed by atoms with van der Waals surface area (Å²) in [5, 5.41) is 2.28. The van der Waals surface area contributed by atoms with Crippen molar-refractivity contribution in [3.05, 3.63) is 77.0 Å². The molecular formula is C24H22N2O6S. The SMILES string of the molecule is COc1ccc(COC(=O)C2=C(C=O)CS[C@@H]3[C@H](NC(=O)Cc4ccccc4)C(=O)N23)cc1. The summed E-state index contributed by atoms with van der Waals surface area (Å²) in [6.45, 7) is -0.0183. The lowest BCUT2D eigenvalue weighted by atomic mass is 10.0. The van der Waals surface area contributed by atoms with Crippen molar-refractivity contribution in [2.75, 3.05) is 12.9 Å². The van der Waals surface area contributed by atoms with Crippen molar-refractivity contribution in [1.29, 1.82) is 0 Å². The van der Waals surface area contributed by atoms with Crippen LogP contribution in [0, 0.1) is 0 Å². The molecule has 0 spiro atoms. The van der Waals surface area contributed by atoms with Gasteiger partial charge in [-0.1, -0.05) is 42.5 Å². The Bertz CT molecular complexity index is 1100. The van der Waals surface area contributed by atoms with Crippen LogP contribution in [0.4, 0.5) is 0 Å². The second kappa shape index (κ2) is 9.91. The fourth-order valence-corrected chi connectivity index (χ4v) is 4.96. The molecule has 0 unspecified atom stereocenters. The zero-order valence-electron chi connectivity index (χ0n) is 17.9. The normalized spacial score (nSPS) is 19.3. The minimum absolute atomic E-state index is 0.0183. The standard InChI is InChI=1S/C24H22N2O6S/c1-31-18-9-7-16(8-10-18)13-32-24(30)21-17(12-27)14-33-23-20(22(29)26(21)23)25-19(28)11-15-5-3-2-4-6-15/h2-10,12,20,23H,11,13-14H2,1H3,(H,25,28)/t20-,23-/m1/s1. The number of hydrogen-bond acceptors (Lipinski definition) is 7. The number of aldehydes is 1. The number of carbonyl (C=O) groups is 4. The Kier molecular flexibility index (Phi) is 6.79. The predicted octanol–water partition coefficient (Wildman–Crippen LogP) is 1.83. The molecular weight excluding hydrogens is 444 g/mol. The molecule has 2 aliphatic rings. The highest BCUT2D eigenvalue weighted by atomic mass is 32.2. The van der Waals surface area contributed by atoms with Gasteiger partial charge in [0.25, 0.3) is 5.91 Å². The number of nitrogens with zero attached hydrogens (tertiary/aromatic N) is 1. The maximum absolute atomic E-state index is 12.8. The van der Waals surface area contributed by atoms with Crippen molar-refractivity contribution < 1.29 is 28.7 Å². The van der Waals surface area contributed by atoms with Gasteiger partial charge in [-0.2, -0.15) is 0 Å². The molecule has 2 heterocycles. The summed E-state index contributed by atoms with van der Waals surface area (Å²) in [6, 6.07) is 15.4. The van der Waals surface area contributed by atoms with Crippen molar-refractivity contribution in [2.45, 2.75) is 24.4 Å². The Balaban J connectivity index is 1.41. The van der Waals surface area contributed by atoms with Gasteiger partial charge in [0.05, 0.1) is 13.5 Å². The second-order valence-electron chi connectivity index (χ2n) is 7.53. The lowest BCUT2D eigenvalue weighted by molar-refractivity contribution is -0.153. The number of hydrogen-bond donors (Lipinski definition) is 1. The molecule has 0 radical (unpaired) electrons. The number of carbonyl (C=O) groups excluding carboxylic acids is 4. The third-order valence-corrected chi connectivity index (χ3v) is 6.69. The molecule has 0 aromatic heterocycles. The van der Waals surface area contributed by atoms with Crippen LogP contribution in [0.3, 0.4) is 0 Å². The van der Waals surface area contributed by atoms with E-state index in [1.54, 1.807) is 31.4 Å². The van der Waals surface area contributed by atoms with Crippen LogP contribution in [0.2, 0.25) is 0 Å². The van der Waals surface area contributed by atoms with Gasteiger partial charge in [0, 0.05) is 11.3 Å². The maximum atomic E-state index is 12.8. The van der Waals surface area contributed by atoms with Crippen molar-refractivity contribution in [1.82, 2.24) is 10.2 Å². The number of nitrogens with one attached hydrogen (secondary N) is 1. The van der Waals surface area contributed by atoms with Crippen LogP contribution in [0.15, 0.2) is 65.9 Å². The van der Waals surface area contributed by atoms with Crippen LogP contribution >= 0.6 is 11.8 Å². The average molecular weight is 467 g/mol. The molecule has 2 aromatic carbocycles. The second-order valence-corrected chi connectivity index (χ2v) is 8.64. The molecule has 4 rings (SSSR count). The molecule has 0 aliphatic carbocycles. The van der Waals surface area contributed by atoms with E-state index >= 15 is 0 Å². The highest BCUT2D eigenvalue weighted by Gasteiger charge is 2.54. The number of amides is 2. The van der Waals surface area contributed by atoms with Gasteiger partial charge in [0.15, 0.2) is 0 Å². The third-order valence-electron chi connectivity index (χ3n) is 5.39. The van der Waals surface area contributed by atoms with Crippen LogP contribution in [-0.2, 0) is 36.9 Å². The quantitative estimate of drug-likeness (QED) is 0.360. The van der Waals surface area contributed by atoms with Gasteiger partial charge in [-0.15, -0.1) is 11.8 Å². The smallest absolute Gasteiger partial charge is 0.355 e. The van der Waals surface area contributed by atoms with Crippen LogP contribution in [-0.4, -0.2) is 53.2 Å². The summed E-state index contributed by atoms with van der Waals surface area (Å²) in [6.07, 6.45) is 0.718. The Morgan fingerprint density at radius 3 is 2.52 bits per heavy atom. The topological polar surface area (TPSA) is 102 Å². The van der Waals surface area contributed by atoms with E-state index < -0.39 is 23.3 Å². The molecule has 1 saturated heterocycles. The summed E-state index contributed by atoms with van der Waals surface area (Å²) in [5.41, 5.74) is 1.71. The first-order valence-electron chi connectivity index (χ1n) is 10.3. The van der Waals surface area contributed by atoms with Crippen LogP contribution < -0.4 is 10.1 Å². The average Bonchev–Trinajstić information content (AvgIpc) is 2.85. The van der Waals surface area contributed by atoms with E-state index in [1.165, 1.54) is 16.7 Å². The van der Waals surface area contributed by atoms with Crippen molar-refractivity contribution in [3.8, 4) is 5.75 Å². The van der Waals surface area contributed by atoms with Crippen molar-refractivity contribution >= 4 is 35.8 Å². The minimum Gasteiger partial charge on any atom is -0.497 e. The van der Waals surface area contributed by atoms with E-state index in [0.717, 1.165) is 11.1 Å².